The van der Waals surface area contributed by atoms with E-state index in [9.17, 15) is 26.3 Å². The molecule has 0 radical (unpaired) electrons. The predicted molar refractivity (Wildman–Crippen MR) is 28.4 cm³/mol. The van der Waals surface area contributed by atoms with Crippen molar-refractivity contribution in [3.63, 3.8) is 0 Å². The van der Waals surface area contributed by atoms with Crippen LogP contribution < -0.4 is 0 Å². The summed E-state index contributed by atoms with van der Waals surface area (Å²) in [6, 6.07) is 0. The fraction of sp³-hybridized carbons (Fsp3) is 0.667. The molecule has 0 N–H and O–H groups in total. The minimum atomic E-state index is -4.67. The highest BCUT2D eigenvalue weighted by molar-refractivity contribution is 5.23. The van der Waals surface area contributed by atoms with Gasteiger partial charge in [0.2, 0.25) is 0 Å². The van der Waals surface area contributed by atoms with Crippen molar-refractivity contribution in [3.05, 3.63) is 11.7 Å². The summed E-state index contributed by atoms with van der Waals surface area (Å²) in [5, 5.41) is 0. The molecule has 0 aromatic heterocycles. The van der Waals surface area contributed by atoms with Gasteiger partial charge < -0.3 is 0 Å². The van der Waals surface area contributed by atoms with Crippen LogP contribution in [0.2, 0.25) is 0 Å². The summed E-state index contributed by atoms with van der Waals surface area (Å²) >= 11 is 0. The second kappa shape index (κ2) is 2.40. The Morgan fingerprint density at radius 1 is 1.08 bits per heavy atom. The van der Waals surface area contributed by atoms with Crippen LogP contribution in [0.25, 0.3) is 0 Å². The molecule has 0 aromatic carbocycles. The Morgan fingerprint density at radius 2 is 1.58 bits per heavy atom. The van der Waals surface area contributed by atoms with E-state index in [0.29, 0.717) is 0 Å². The molecule has 1 aliphatic carbocycles. The van der Waals surface area contributed by atoms with E-state index in [-0.39, 0.29) is 0 Å². The van der Waals surface area contributed by atoms with Crippen LogP contribution in [0.15, 0.2) is 11.7 Å². The SMILES string of the molecule is FC(F)=C1CCC(F)(F)C1(F)F. The van der Waals surface area contributed by atoms with Crippen molar-refractivity contribution < 1.29 is 26.3 Å². The minimum absolute atomic E-state index is 0.942. The molecule has 1 fully saturated rings. The fourth-order valence-electron chi connectivity index (χ4n) is 1.03. The van der Waals surface area contributed by atoms with E-state index in [1.165, 1.54) is 0 Å². The van der Waals surface area contributed by atoms with E-state index >= 15 is 0 Å². The Kier molecular flexibility index (Phi) is 1.88. The summed E-state index contributed by atoms with van der Waals surface area (Å²) in [4.78, 5) is 0. The average molecular weight is 190 g/mol. The second-order valence-electron chi connectivity index (χ2n) is 2.52. The number of rotatable bonds is 0. The topological polar surface area (TPSA) is 0 Å². The van der Waals surface area contributed by atoms with E-state index in [0.717, 1.165) is 0 Å². The zero-order valence-electron chi connectivity index (χ0n) is 5.68. The highest BCUT2D eigenvalue weighted by atomic mass is 19.3. The maximum Gasteiger partial charge on any atom is 0.336 e. The summed E-state index contributed by atoms with van der Waals surface area (Å²) in [7, 11) is 0. The number of halogens is 6. The van der Waals surface area contributed by atoms with E-state index in [1.807, 2.05) is 0 Å². The zero-order chi connectivity index (χ0) is 9.57. The molecular formula is C6H4F6. The zero-order valence-corrected chi connectivity index (χ0v) is 5.68. The van der Waals surface area contributed by atoms with Crippen molar-refractivity contribution in [1.29, 1.82) is 0 Å². The Labute approximate surface area is 63.9 Å². The molecule has 0 amide bonds. The van der Waals surface area contributed by atoms with Gasteiger partial charge in [-0.05, 0) is 6.42 Å². The van der Waals surface area contributed by atoms with Crippen LogP contribution in [0.4, 0.5) is 26.3 Å². The molecular weight excluding hydrogens is 186 g/mol. The molecule has 0 aliphatic heterocycles. The molecule has 0 saturated heterocycles. The van der Waals surface area contributed by atoms with Gasteiger partial charge in [-0.25, -0.2) is 0 Å². The lowest BCUT2D eigenvalue weighted by atomic mass is 10.2. The first-order valence-electron chi connectivity index (χ1n) is 3.09. The summed E-state index contributed by atoms with van der Waals surface area (Å²) in [5.74, 6) is -9.00. The van der Waals surface area contributed by atoms with E-state index in [4.69, 9.17) is 0 Å². The maximum atomic E-state index is 12.3. The Balaban J connectivity index is 3.10. The molecule has 12 heavy (non-hydrogen) atoms. The fourth-order valence-corrected chi connectivity index (χ4v) is 1.03. The normalized spacial score (nSPS) is 26.0. The van der Waals surface area contributed by atoms with Crippen LogP contribution in [0.5, 0.6) is 0 Å². The molecule has 0 bridgehead atoms. The molecule has 0 nitrogen and oxygen atoms in total. The summed E-state index contributed by atoms with van der Waals surface area (Å²) in [6.45, 7) is 0. The molecule has 0 aromatic rings. The second-order valence-corrected chi connectivity index (χ2v) is 2.52. The molecule has 0 atom stereocenters. The van der Waals surface area contributed by atoms with Crippen LogP contribution >= 0.6 is 0 Å². The van der Waals surface area contributed by atoms with Crippen molar-refractivity contribution in [2.24, 2.45) is 0 Å². The van der Waals surface area contributed by atoms with Gasteiger partial charge in [-0.1, -0.05) is 0 Å². The lowest BCUT2D eigenvalue weighted by Gasteiger charge is -2.18. The predicted octanol–water partition coefficient (Wildman–Crippen LogP) is 3.20. The maximum absolute atomic E-state index is 12.3. The van der Waals surface area contributed by atoms with Gasteiger partial charge in [0, 0.05) is 6.42 Å². The first kappa shape index (κ1) is 9.41. The monoisotopic (exact) mass is 190 g/mol. The average Bonchev–Trinajstić information content (AvgIpc) is 2.03. The summed E-state index contributed by atoms with van der Waals surface area (Å²) in [5.41, 5.74) is -1.73. The third-order valence-corrected chi connectivity index (χ3v) is 1.76. The largest absolute Gasteiger partial charge is 0.336 e. The van der Waals surface area contributed by atoms with Crippen LogP contribution in [0, 0.1) is 0 Å². The van der Waals surface area contributed by atoms with Crippen molar-refractivity contribution in [1.82, 2.24) is 0 Å². The molecule has 0 spiro atoms. The van der Waals surface area contributed by atoms with Crippen molar-refractivity contribution in [2.75, 3.05) is 0 Å². The third-order valence-electron chi connectivity index (χ3n) is 1.76. The Morgan fingerprint density at radius 3 is 1.75 bits per heavy atom. The van der Waals surface area contributed by atoms with Gasteiger partial charge in [0.15, 0.2) is 0 Å². The van der Waals surface area contributed by atoms with Gasteiger partial charge in [-0.3, -0.25) is 0 Å². The summed E-state index contributed by atoms with van der Waals surface area (Å²) in [6.07, 6.45) is -4.85. The molecule has 6 heteroatoms. The molecule has 1 rings (SSSR count). The van der Waals surface area contributed by atoms with E-state index in [2.05, 4.69) is 0 Å². The van der Waals surface area contributed by atoms with Crippen molar-refractivity contribution in [3.8, 4) is 0 Å². The first-order valence-corrected chi connectivity index (χ1v) is 3.09. The molecule has 0 heterocycles. The highest BCUT2D eigenvalue weighted by Crippen LogP contribution is 2.52. The van der Waals surface area contributed by atoms with Crippen molar-refractivity contribution >= 4 is 0 Å². The van der Waals surface area contributed by atoms with Gasteiger partial charge >= 0.3 is 11.8 Å². The first-order chi connectivity index (χ1) is 5.29. The van der Waals surface area contributed by atoms with Crippen molar-refractivity contribution in [2.45, 2.75) is 24.7 Å². The van der Waals surface area contributed by atoms with Crippen LogP contribution in [0.3, 0.4) is 0 Å². The molecule has 1 saturated carbocycles. The molecule has 70 valence electrons. The molecule has 1 aliphatic rings. The van der Waals surface area contributed by atoms with E-state index in [1.54, 1.807) is 0 Å². The standard InChI is InChI=1S/C6H4F6/c7-4(8)3-1-2-5(9,10)6(3,11)12/h1-2H2. The van der Waals surface area contributed by atoms with Gasteiger partial charge in [0.25, 0.3) is 6.08 Å². The minimum Gasteiger partial charge on any atom is -0.199 e. The number of hydrogen-bond donors (Lipinski definition) is 0. The smallest absolute Gasteiger partial charge is 0.199 e. The Hall–Kier alpha value is -0.680. The van der Waals surface area contributed by atoms with E-state index < -0.39 is 36.3 Å². The van der Waals surface area contributed by atoms with Gasteiger partial charge in [0.1, 0.15) is 0 Å². The third kappa shape index (κ3) is 1.09. The number of alkyl halides is 4. The van der Waals surface area contributed by atoms with Crippen LogP contribution in [-0.4, -0.2) is 11.8 Å². The van der Waals surface area contributed by atoms with Gasteiger partial charge in [-0.2, -0.15) is 26.3 Å². The quantitative estimate of drug-likeness (QED) is 0.514. The summed E-state index contributed by atoms with van der Waals surface area (Å²) < 4.78 is 72.4. The van der Waals surface area contributed by atoms with Crippen LogP contribution in [0.1, 0.15) is 12.8 Å². The number of hydrogen-bond acceptors (Lipinski definition) is 0. The lowest BCUT2D eigenvalue weighted by molar-refractivity contribution is -0.169. The highest BCUT2D eigenvalue weighted by Gasteiger charge is 2.64. The Bertz CT molecular complexity index is 224. The molecule has 0 unspecified atom stereocenters. The van der Waals surface area contributed by atoms with Gasteiger partial charge in [0.05, 0.1) is 5.57 Å². The number of allylic oxidation sites excluding steroid dienone is 1. The van der Waals surface area contributed by atoms with Crippen LogP contribution in [-0.2, 0) is 0 Å². The lowest BCUT2D eigenvalue weighted by Crippen LogP contribution is -2.35. The van der Waals surface area contributed by atoms with Gasteiger partial charge in [-0.15, -0.1) is 0 Å².